The molecular weight excluding hydrogens is 576 g/mol. The van der Waals surface area contributed by atoms with E-state index in [1.54, 1.807) is 45.0 Å². The van der Waals surface area contributed by atoms with E-state index in [0.717, 1.165) is 22.3 Å². The number of hydrogen-bond acceptors (Lipinski definition) is 6. The molecule has 1 atom stereocenters. The minimum absolute atomic E-state index is 0.0500. The minimum atomic E-state index is -3.93. The maximum Gasteiger partial charge on any atom is 0.408 e. The van der Waals surface area contributed by atoms with Gasteiger partial charge in [0, 0.05) is 17.0 Å². The van der Waals surface area contributed by atoms with E-state index in [0.29, 0.717) is 17.9 Å². The fourth-order valence-electron chi connectivity index (χ4n) is 4.48. The van der Waals surface area contributed by atoms with Gasteiger partial charge in [-0.05, 0) is 82.9 Å². The number of ether oxygens (including phenoxy) is 1. The van der Waals surface area contributed by atoms with Gasteiger partial charge in [-0.25, -0.2) is 4.79 Å². The van der Waals surface area contributed by atoms with Crippen LogP contribution in [0.15, 0.2) is 77.7 Å². The molecule has 0 aliphatic heterocycles. The zero-order valence-corrected chi connectivity index (χ0v) is 26.3. The van der Waals surface area contributed by atoms with Crippen LogP contribution in [0, 0.1) is 13.8 Å². The second-order valence-corrected chi connectivity index (χ2v) is 13.3. The Labute approximate surface area is 253 Å². The largest absolute Gasteiger partial charge is 0.444 e. The Balaban J connectivity index is 1.83. The zero-order chi connectivity index (χ0) is 31.0. The Morgan fingerprint density at radius 3 is 1.88 bits per heavy atom. The number of halogens is 1. The molecular formula is C32H39ClN2O6S. The van der Waals surface area contributed by atoms with Crippen molar-refractivity contribution in [2.24, 2.45) is 0 Å². The molecule has 3 rings (SSSR count). The predicted molar refractivity (Wildman–Crippen MR) is 164 cm³/mol. The number of carbonyl (C=O) groups excluding carboxylic acids is 2. The first-order valence-corrected chi connectivity index (χ1v) is 15.5. The van der Waals surface area contributed by atoms with Gasteiger partial charge in [0.05, 0.1) is 18.0 Å². The summed E-state index contributed by atoms with van der Waals surface area (Å²) in [6.45, 7) is 8.95. The van der Waals surface area contributed by atoms with Gasteiger partial charge in [-0.3, -0.25) is 8.98 Å². The van der Waals surface area contributed by atoms with Crippen molar-refractivity contribution in [2.45, 2.75) is 63.4 Å². The van der Waals surface area contributed by atoms with Crippen molar-refractivity contribution in [3.63, 3.8) is 0 Å². The highest BCUT2D eigenvalue weighted by Gasteiger charge is 2.35. The molecule has 0 bridgehead atoms. The van der Waals surface area contributed by atoms with Crippen molar-refractivity contribution in [1.29, 1.82) is 0 Å². The molecule has 0 radical (unpaired) electrons. The molecule has 0 aromatic heterocycles. The molecule has 1 unspecified atom stereocenters. The molecule has 0 saturated carbocycles. The lowest BCUT2D eigenvalue weighted by Gasteiger charge is -2.36. The first-order valence-electron chi connectivity index (χ1n) is 13.7. The summed E-state index contributed by atoms with van der Waals surface area (Å²) in [6, 6.07) is 21.8. The van der Waals surface area contributed by atoms with Crippen molar-refractivity contribution >= 4 is 33.7 Å². The zero-order valence-electron chi connectivity index (χ0n) is 24.7. The smallest absolute Gasteiger partial charge is 0.408 e. The molecule has 8 nitrogen and oxygen atoms in total. The topological polar surface area (TPSA) is 111 Å². The van der Waals surface area contributed by atoms with E-state index < -0.39 is 33.1 Å². The van der Waals surface area contributed by atoms with Crippen LogP contribution in [0.2, 0.25) is 5.02 Å². The summed E-state index contributed by atoms with van der Waals surface area (Å²) >= 11 is 6.21. The number of aryl methyl sites for hydroxylation is 2. The van der Waals surface area contributed by atoms with Crippen LogP contribution in [0.5, 0.6) is 0 Å². The van der Waals surface area contributed by atoms with Gasteiger partial charge in [0.25, 0.3) is 10.1 Å². The SMILES string of the molecule is Cc1ccc(C(CCCOS(=O)(=O)c2ccc(C)cc2)(CNC(=O)CNC(=O)OC(C)(C)C)c2ccc(Cl)cc2)cc1. The number of nitrogens with one attached hydrogen (secondary N) is 2. The monoisotopic (exact) mass is 614 g/mol. The van der Waals surface area contributed by atoms with Crippen molar-refractivity contribution in [3.05, 3.63) is 100 Å². The minimum Gasteiger partial charge on any atom is -0.444 e. The number of rotatable bonds is 12. The number of alkyl carbamates (subject to hydrolysis) is 1. The quantitative estimate of drug-likeness (QED) is 0.189. The maximum atomic E-state index is 12.9. The average Bonchev–Trinajstić information content (AvgIpc) is 2.92. The van der Waals surface area contributed by atoms with Crippen molar-refractivity contribution in [1.82, 2.24) is 10.6 Å². The highest BCUT2D eigenvalue weighted by Crippen LogP contribution is 2.37. The summed E-state index contributed by atoms with van der Waals surface area (Å²) in [5.41, 5.74) is 2.39. The second-order valence-electron chi connectivity index (χ2n) is 11.3. The lowest BCUT2D eigenvalue weighted by atomic mass is 9.71. The molecule has 0 aliphatic carbocycles. The summed E-state index contributed by atoms with van der Waals surface area (Å²) in [7, 11) is -3.93. The molecule has 0 fully saturated rings. The summed E-state index contributed by atoms with van der Waals surface area (Å²) in [5.74, 6) is -0.399. The van der Waals surface area contributed by atoms with Crippen LogP contribution in [0.4, 0.5) is 4.79 Å². The van der Waals surface area contributed by atoms with Gasteiger partial charge in [0.15, 0.2) is 0 Å². The summed E-state index contributed by atoms with van der Waals surface area (Å²) in [5, 5.41) is 6.00. The predicted octanol–water partition coefficient (Wildman–Crippen LogP) is 6.07. The number of amides is 2. The maximum absolute atomic E-state index is 12.9. The van der Waals surface area contributed by atoms with E-state index in [9.17, 15) is 18.0 Å². The van der Waals surface area contributed by atoms with Crippen LogP contribution in [-0.4, -0.2) is 45.7 Å². The molecule has 226 valence electrons. The van der Waals surface area contributed by atoms with Crippen LogP contribution in [0.1, 0.15) is 55.9 Å². The summed E-state index contributed by atoms with van der Waals surface area (Å²) in [6.07, 6.45) is 0.126. The van der Waals surface area contributed by atoms with Crippen molar-refractivity contribution in [3.8, 4) is 0 Å². The van der Waals surface area contributed by atoms with Crippen LogP contribution < -0.4 is 10.6 Å². The Bertz CT molecular complexity index is 1400. The molecule has 2 N–H and O–H groups in total. The third kappa shape index (κ3) is 9.58. The molecule has 10 heteroatoms. The van der Waals surface area contributed by atoms with E-state index in [1.807, 2.05) is 50.2 Å². The van der Waals surface area contributed by atoms with Gasteiger partial charge >= 0.3 is 6.09 Å². The van der Waals surface area contributed by atoms with Crippen LogP contribution in [0.25, 0.3) is 0 Å². The van der Waals surface area contributed by atoms with Gasteiger partial charge < -0.3 is 15.4 Å². The first kappa shape index (κ1) is 33.1. The fraction of sp³-hybridized carbons (Fsp3) is 0.375. The van der Waals surface area contributed by atoms with Gasteiger partial charge in [0.1, 0.15) is 5.60 Å². The van der Waals surface area contributed by atoms with E-state index in [1.165, 1.54) is 12.1 Å². The number of hydrogen-bond donors (Lipinski definition) is 2. The molecule has 0 aliphatic rings. The van der Waals surface area contributed by atoms with Gasteiger partial charge in [0.2, 0.25) is 5.91 Å². The standard InChI is InChI=1S/C32H39ClN2O6S/c1-23-7-11-25(12-8-23)32(26-13-15-27(33)16-14-26,22-35-29(36)21-34-30(37)41-31(3,4)5)19-6-20-40-42(38,39)28-17-9-24(2)10-18-28/h7-18H,6,19-22H2,1-5H3,(H,34,37)(H,35,36). The Kier molecular flexibility index (Phi) is 11.2. The molecule has 2 amide bonds. The molecule has 3 aromatic rings. The van der Waals surface area contributed by atoms with Crippen LogP contribution >= 0.6 is 11.6 Å². The average molecular weight is 615 g/mol. The Morgan fingerprint density at radius 1 is 0.810 bits per heavy atom. The summed E-state index contributed by atoms with van der Waals surface area (Å²) < 4.78 is 36.2. The number of benzene rings is 3. The molecule has 0 spiro atoms. The van der Waals surface area contributed by atoms with Gasteiger partial charge in [-0.2, -0.15) is 8.42 Å². The third-order valence-corrected chi connectivity index (χ3v) is 8.25. The first-order chi connectivity index (χ1) is 19.7. The Hall–Kier alpha value is -3.40. The van der Waals surface area contributed by atoms with E-state index in [4.69, 9.17) is 20.5 Å². The fourth-order valence-corrected chi connectivity index (χ4v) is 5.55. The Morgan fingerprint density at radius 2 is 1.33 bits per heavy atom. The van der Waals surface area contributed by atoms with Crippen LogP contribution in [-0.2, 0) is 29.2 Å². The normalized spacial score (nSPS) is 13.2. The molecule has 3 aromatic carbocycles. The lowest BCUT2D eigenvalue weighted by Crippen LogP contribution is -2.46. The molecule has 0 saturated heterocycles. The van der Waals surface area contributed by atoms with Crippen molar-refractivity contribution < 1.29 is 26.9 Å². The van der Waals surface area contributed by atoms with E-state index in [-0.39, 0.29) is 24.6 Å². The highest BCUT2D eigenvalue weighted by molar-refractivity contribution is 7.86. The number of carbonyl (C=O) groups is 2. The summed E-state index contributed by atoms with van der Waals surface area (Å²) in [4.78, 5) is 25.0. The van der Waals surface area contributed by atoms with E-state index in [2.05, 4.69) is 10.6 Å². The molecule has 0 heterocycles. The molecule has 42 heavy (non-hydrogen) atoms. The third-order valence-electron chi connectivity index (χ3n) is 6.68. The van der Waals surface area contributed by atoms with Crippen molar-refractivity contribution in [2.75, 3.05) is 19.7 Å². The second kappa shape index (κ2) is 14.2. The highest BCUT2D eigenvalue weighted by atomic mass is 35.5. The lowest BCUT2D eigenvalue weighted by molar-refractivity contribution is -0.120. The van der Waals surface area contributed by atoms with E-state index >= 15 is 0 Å². The van der Waals surface area contributed by atoms with Crippen LogP contribution in [0.3, 0.4) is 0 Å². The van der Waals surface area contributed by atoms with Gasteiger partial charge in [-0.1, -0.05) is 71.3 Å². The van der Waals surface area contributed by atoms with Gasteiger partial charge in [-0.15, -0.1) is 0 Å².